The first-order valence-corrected chi connectivity index (χ1v) is 6.74. The molecule has 0 radical (unpaired) electrons. The van der Waals surface area contributed by atoms with Gasteiger partial charge < -0.3 is 15.0 Å². The van der Waals surface area contributed by atoms with Crippen LogP contribution in [-0.2, 0) is 14.3 Å². The van der Waals surface area contributed by atoms with E-state index < -0.39 is 0 Å². The van der Waals surface area contributed by atoms with Crippen LogP contribution in [0.4, 0.5) is 5.69 Å². The van der Waals surface area contributed by atoms with Gasteiger partial charge in [-0.3, -0.25) is 14.4 Å². The van der Waals surface area contributed by atoms with Crippen LogP contribution in [-0.4, -0.2) is 38.0 Å². The minimum atomic E-state index is -0.355. The fraction of sp³-hybridized carbons (Fsp3) is 0.400. The first kappa shape index (κ1) is 16.7. The SMILES string of the molecule is CCOC(=O)CCNC(=O)c1ccccc1N(C)C(C)=O. The first-order chi connectivity index (χ1) is 9.97. The van der Waals surface area contributed by atoms with Gasteiger partial charge in [0.05, 0.1) is 24.3 Å². The van der Waals surface area contributed by atoms with Crippen LogP contribution in [0.2, 0.25) is 0 Å². The number of anilines is 1. The third-order valence-electron chi connectivity index (χ3n) is 2.90. The quantitative estimate of drug-likeness (QED) is 0.803. The minimum absolute atomic E-state index is 0.115. The van der Waals surface area contributed by atoms with Crippen molar-refractivity contribution in [3.05, 3.63) is 29.8 Å². The van der Waals surface area contributed by atoms with E-state index in [0.29, 0.717) is 17.9 Å². The summed E-state index contributed by atoms with van der Waals surface area (Å²) < 4.78 is 4.78. The second-order valence-electron chi connectivity index (χ2n) is 4.41. The lowest BCUT2D eigenvalue weighted by atomic mass is 10.1. The van der Waals surface area contributed by atoms with Gasteiger partial charge in [0.15, 0.2) is 0 Å². The summed E-state index contributed by atoms with van der Waals surface area (Å²) in [7, 11) is 1.60. The van der Waals surface area contributed by atoms with E-state index in [9.17, 15) is 14.4 Å². The van der Waals surface area contributed by atoms with E-state index in [1.807, 2.05) is 0 Å². The molecule has 21 heavy (non-hydrogen) atoms. The summed E-state index contributed by atoms with van der Waals surface area (Å²) in [4.78, 5) is 36.2. The lowest BCUT2D eigenvalue weighted by Gasteiger charge is -2.18. The lowest BCUT2D eigenvalue weighted by Crippen LogP contribution is -2.30. The number of carbonyl (C=O) groups is 3. The van der Waals surface area contributed by atoms with Crippen LogP contribution in [0.5, 0.6) is 0 Å². The van der Waals surface area contributed by atoms with Crippen LogP contribution in [0.3, 0.4) is 0 Å². The Balaban J connectivity index is 2.70. The highest BCUT2D eigenvalue weighted by Gasteiger charge is 2.16. The Bertz CT molecular complexity index is 528. The normalized spacial score (nSPS) is 9.86. The molecule has 1 aromatic rings. The molecule has 0 aliphatic heterocycles. The molecule has 0 unspecified atom stereocenters. The third-order valence-corrected chi connectivity index (χ3v) is 2.90. The molecular formula is C15H20N2O4. The van der Waals surface area contributed by atoms with Crippen molar-refractivity contribution in [2.24, 2.45) is 0 Å². The van der Waals surface area contributed by atoms with Crippen molar-refractivity contribution in [2.45, 2.75) is 20.3 Å². The second-order valence-corrected chi connectivity index (χ2v) is 4.41. The van der Waals surface area contributed by atoms with E-state index in [4.69, 9.17) is 4.74 Å². The summed E-state index contributed by atoms with van der Waals surface area (Å²) >= 11 is 0. The highest BCUT2D eigenvalue weighted by atomic mass is 16.5. The smallest absolute Gasteiger partial charge is 0.307 e. The number of nitrogens with one attached hydrogen (secondary N) is 1. The number of rotatable bonds is 6. The average molecular weight is 292 g/mol. The van der Waals surface area contributed by atoms with Crippen molar-refractivity contribution in [2.75, 3.05) is 25.1 Å². The summed E-state index contributed by atoms with van der Waals surface area (Å²) in [5.41, 5.74) is 0.915. The van der Waals surface area contributed by atoms with Crippen LogP contribution in [0.1, 0.15) is 30.6 Å². The van der Waals surface area contributed by atoms with E-state index in [1.165, 1.54) is 11.8 Å². The van der Waals surface area contributed by atoms with Gasteiger partial charge >= 0.3 is 5.97 Å². The molecule has 0 aromatic heterocycles. The van der Waals surface area contributed by atoms with Gasteiger partial charge in [0, 0.05) is 20.5 Å². The summed E-state index contributed by atoms with van der Waals surface area (Å²) in [5, 5.41) is 2.64. The van der Waals surface area contributed by atoms with Gasteiger partial charge in [0.2, 0.25) is 5.91 Å². The van der Waals surface area contributed by atoms with Gasteiger partial charge in [-0.25, -0.2) is 0 Å². The number of hydrogen-bond acceptors (Lipinski definition) is 4. The van der Waals surface area contributed by atoms with Crippen molar-refractivity contribution in [3.8, 4) is 0 Å². The molecule has 1 N–H and O–H groups in total. The zero-order valence-corrected chi connectivity index (χ0v) is 12.5. The molecule has 0 saturated carbocycles. The van der Waals surface area contributed by atoms with Crippen molar-refractivity contribution in [3.63, 3.8) is 0 Å². The average Bonchev–Trinajstić information content (AvgIpc) is 2.46. The number of carbonyl (C=O) groups excluding carboxylic acids is 3. The second kappa shape index (κ2) is 8.04. The molecule has 114 valence electrons. The summed E-state index contributed by atoms with van der Waals surface area (Å²) in [5.74, 6) is -0.850. The van der Waals surface area contributed by atoms with Crippen molar-refractivity contribution in [1.29, 1.82) is 0 Å². The number of ether oxygens (including phenoxy) is 1. The predicted octanol–water partition coefficient (Wildman–Crippen LogP) is 1.35. The van der Waals surface area contributed by atoms with E-state index in [2.05, 4.69) is 5.32 Å². The van der Waals surface area contributed by atoms with E-state index in [1.54, 1.807) is 38.2 Å². The molecule has 0 aliphatic carbocycles. The number of para-hydroxylation sites is 1. The van der Waals surface area contributed by atoms with Crippen molar-refractivity contribution < 1.29 is 19.1 Å². The standard InChI is InChI=1S/C15H20N2O4/c1-4-21-14(19)9-10-16-15(20)12-7-5-6-8-13(12)17(3)11(2)18/h5-8H,4,9-10H2,1-3H3,(H,16,20). The van der Waals surface area contributed by atoms with Crippen LogP contribution in [0.25, 0.3) is 0 Å². The molecule has 0 fully saturated rings. The molecular weight excluding hydrogens is 272 g/mol. The molecule has 0 spiro atoms. The molecule has 2 amide bonds. The van der Waals surface area contributed by atoms with Gasteiger partial charge in [0.25, 0.3) is 5.91 Å². The van der Waals surface area contributed by atoms with Crippen molar-refractivity contribution in [1.82, 2.24) is 5.32 Å². The van der Waals surface area contributed by atoms with Crippen LogP contribution < -0.4 is 10.2 Å². The van der Waals surface area contributed by atoms with Crippen LogP contribution in [0, 0.1) is 0 Å². The molecule has 1 aromatic carbocycles. The topological polar surface area (TPSA) is 75.7 Å². The lowest BCUT2D eigenvalue weighted by molar-refractivity contribution is -0.142. The molecule has 6 heteroatoms. The van der Waals surface area contributed by atoms with Crippen LogP contribution in [0.15, 0.2) is 24.3 Å². The maximum atomic E-state index is 12.1. The molecule has 0 saturated heterocycles. The zero-order chi connectivity index (χ0) is 15.8. The highest BCUT2D eigenvalue weighted by molar-refractivity contribution is 6.04. The molecule has 0 aliphatic rings. The molecule has 6 nitrogen and oxygen atoms in total. The Morgan fingerprint density at radius 3 is 2.52 bits per heavy atom. The van der Waals surface area contributed by atoms with E-state index in [-0.39, 0.29) is 30.7 Å². The van der Waals surface area contributed by atoms with E-state index in [0.717, 1.165) is 0 Å². The molecule has 0 atom stereocenters. The first-order valence-electron chi connectivity index (χ1n) is 6.74. The minimum Gasteiger partial charge on any atom is -0.466 e. The van der Waals surface area contributed by atoms with Crippen LogP contribution >= 0.6 is 0 Å². The summed E-state index contributed by atoms with van der Waals surface area (Å²) in [6.45, 7) is 3.66. The largest absolute Gasteiger partial charge is 0.466 e. The summed E-state index contributed by atoms with van der Waals surface area (Å²) in [6.07, 6.45) is 0.115. The maximum absolute atomic E-state index is 12.1. The molecule has 0 heterocycles. The Kier molecular flexibility index (Phi) is 6.39. The monoisotopic (exact) mass is 292 g/mol. The predicted molar refractivity (Wildman–Crippen MR) is 79.1 cm³/mol. The fourth-order valence-electron chi connectivity index (χ4n) is 1.73. The Morgan fingerprint density at radius 1 is 1.24 bits per heavy atom. The highest BCUT2D eigenvalue weighted by Crippen LogP contribution is 2.19. The van der Waals surface area contributed by atoms with Crippen molar-refractivity contribution >= 4 is 23.5 Å². The maximum Gasteiger partial charge on any atom is 0.307 e. The number of benzene rings is 1. The Morgan fingerprint density at radius 2 is 1.90 bits per heavy atom. The number of nitrogens with zero attached hydrogens (tertiary/aromatic N) is 1. The Hall–Kier alpha value is -2.37. The molecule has 1 rings (SSSR count). The summed E-state index contributed by atoms with van der Waals surface area (Å²) in [6, 6.07) is 6.80. The fourth-order valence-corrected chi connectivity index (χ4v) is 1.73. The van der Waals surface area contributed by atoms with Gasteiger partial charge in [0.1, 0.15) is 0 Å². The molecule has 0 bridgehead atoms. The number of hydrogen-bond donors (Lipinski definition) is 1. The van der Waals surface area contributed by atoms with Gasteiger partial charge in [-0.2, -0.15) is 0 Å². The van der Waals surface area contributed by atoms with E-state index >= 15 is 0 Å². The van der Waals surface area contributed by atoms with Gasteiger partial charge in [-0.15, -0.1) is 0 Å². The number of esters is 1. The third kappa shape index (κ3) is 4.91. The van der Waals surface area contributed by atoms with Gasteiger partial charge in [-0.1, -0.05) is 12.1 Å². The Labute approximate surface area is 124 Å². The zero-order valence-electron chi connectivity index (χ0n) is 12.5. The number of amides is 2. The van der Waals surface area contributed by atoms with Gasteiger partial charge in [-0.05, 0) is 19.1 Å².